The molecule has 1 aromatic carbocycles. The van der Waals surface area contributed by atoms with Crippen molar-refractivity contribution in [2.45, 2.75) is 0 Å². The molecule has 0 bridgehead atoms. The molecular weight excluding hydrogens is 314 g/mol. The van der Waals surface area contributed by atoms with E-state index >= 15 is 0 Å². The number of aromatic nitrogens is 1. The second kappa shape index (κ2) is 7.33. The summed E-state index contributed by atoms with van der Waals surface area (Å²) in [6, 6.07) is 11.0. The van der Waals surface area contributed by atoms with Gasteiger partial charge in [0.1, 0.15) is 5.75 Å². The van der Waals surface area contributed by atoms with Gasteiger partial charge in [0, 0.05) is 49.3 Å². The van der Waals surface area contributed by atoms with E-state index in [4.69, 9.17) is 16.3 Å². The Kier molecular flexibility index (Phi) is 4.98. The molecule has 1 amide bonds. The Hall–Kier alpha value is -2.27. The monoisotopic (exact) mass is 331 g/mol. The Balaban J connectivity index is 1.47. The molecule has 1 saturated heterocycles. The smallest absolute Gasteiger partial charge is 0.260 e. The number of hydrogen-bond acceptors (Lipinski definition) is 4. The van der Waals surface area contributed by atoms with Crippen LogP contribution in [0.1, 0.15) is 0 Å². The molecule has 120 valence electrons. The van der Waals surface area contributed by atoms with Crippen molar-refractivity contribution in [2.24, 2.45) is 0 Å². The number of carbonyl (C=O) groups excluding carboxylic acids is 1. The molecule has 2 aromatic rings. The van der Waals surface area contributed by atoms with Crippen molar-refractivity contribution >= 4 is 23.2 Å². The molecule has 5 nitrogen and oxygen atoms in total. The van der Waals surface area contributed by atoms with Crippen LogP contribution < -0.4 is 9.64 Å². The average molecular weight is 332 g/mol. The minimum Gasteiger partial charge on any atom is -0.484 e. The van der Waals surface area contributed by atoms with Gasteiger partial charge in [-0.3, -0.25) is 9.78 Å². The predicted molar refractivity (Wildman–Crippen MR) is 90.0 cm³/mol. The number of ether oxygens (including phenoxy) is 1. The summed E-state index contributed by atoms with van der Waals surface area (Å²) in [6.45, 7) is 3.08. The Bertz CT molecular complexity index is 641. The largest absolute Gasteiger partial charge is 0.484 e. The summed E-state index contributed by atoms with van der Waals surface area (Å²) in [5, 5.41) is 0.649. The second-order valence-corrected chi connectivity index (χ2v) is 5.75. The third-order valence-electron chi connectivity index (χ3n) is 3.84. The number of nitrogens with zero attached hydrogens (tertiary/aromatic N) is 3. The van der Waals surface area contributed by atoms with E-state index < -0.39 is 0 Å². The highest BCUT2D eigenvalue weighted by Gasteiger charge is 2.21. The Morgan fingerprint density at radius 2 is 1.70 bits per heavy atom. The minimum absolute atomic E-state index is 0.00864. The summed E-state index contributed by atoms with van der Waals surface area (Å²) in [7, 11) is 0. The molecule has 3 rings (SSSR count). The lowest BCUT2D eigenvalue weighted by Crippen LogP contribution is -2.50. The summed E-state index contributed by atoms with van der Waals surface area (Å²) in [4.78, 5) is 20.4. The lowest BCUT2D eigenvalue weighted by molar-refractivity contribution is -0.133. The fourth-order valence-corrected chi connectivity index (χ4v) is 2.66. The van der Waals surface area contributed by atoms with Gasteiger partial charge < -0.3 is 14.5 Å². The van der Waals surface area contributed by atoms with Crippen LogP contribution in [-0.4, -0.2) is 48.6 Å². The summed E-state index contributed by atoms with van der Waals surface area (Å²) < 4.78 is 5.52. The van der Waals surface area contributed by atoms with Crippen LogP contribution in [0.15, 0.2) is 48.8 Å². The molecule has 1 fully saturated rings. The third kappa shape index (κ3) is 4.13. The number of anilines is 1. The quantitative estimate of drug-likeness (QED) is 0.863. The van der Waals surface area contributed by atoms with Crippen molar-refractivity contribution in [3.05, 3.63) is 53.8 Å². The molecule has 23 heavy (non-hydrogen) atoms. The Morgan fingerprint density at radius 3 is 2.35 bits per heavy atom. The molecule has 0 N–H and O–H groups in total. The standard InChI is InChI=1S/C17H18ClN3O2/c18-14-1-3-16(4-2-14)23-13-17(22)21-11-9-20(10-12-21)15-5-7-19-8-6-15/h1-8H,9-13H2. The summed E-state index contributed by atoms with van der Waals surface area (Å²) in [6.07, 6.45) is 3.57. The van der Waals surface area contributed by atoms with E-state index in [9.17, 15) is 4.79 Å². The molecule has 0 aliphatic carbocycles. The lowest BCUT2D eigenvalue weighted by atomic mass is 10.2. The maximum atomic E-state index is 12.2. The van der Waals surface area contributed by atoms with Gasteiger partial charge in [-0.15, -0.1) is 0 Å². The number of hydrogen-bond donors (Lipinski definition) is 0. The zero-order valence-electron chi connectivity index (χ0n) is 12.7. The molecule has 0 saturated carbocycles. The van der Waals surface area contributed by atoms with Crippen LogP contribution in [0.3, 0.4) is 0 Å². The molecule has 6 heteroatoms. The molecule has 0 radical (unpaired) electrons. The minimum atomic E-state index is 0.00864. The van der Waals surface area contributed by atoms with E-state index in [1.807, 2.05) is 17.0 Å². The second-order valence-electron chi connectivity index (χ2n) is 5.32. The number of rotatable bonds is 4. The van der Waals surface area contributed by atoms with Gasteiger partial charge in [-0.25, -0.2) is 0 Å². The van der Waals surface area contributed by atoms with E-state index in [0.29, 0.717) is 23.9 Å². The van der Waals surface area contributed by atoms with Gasteiger partial charge in [0.05, 0.1) is 0 Å². The van der Waals surface area contributed by atoms with E-state index in [-0.39, 0.29) is 12.5 Å². The normalized spacial score (nSPS) is 14.7. The Morgan fingerprint density at radius 1 is 1.04 bits per heavy atom. The van der Waals surface area contributed by atoms with Gasteiger partial charge in [-0.2, -0.15) is 0 Å². The summed E-state index contributed by atoms with van der Waals surface area (Å²) in [5.41, 5.74) is 1.14. The first-order chi connectivity index (χ1) is 11.2. The highest BCUT2D eigenvalue weighted by atomic mass is 35.5. The number of amides is 1. The van der Waals surface area contributed by atoms with E-state index in [1.54, 1.807) is 36.7 Å². The molecular formula is C17H18ClN3O2. The van der Waals surface area contributed by atoms with Gasteiger partial charge in [0.25, 0.3) is 5.91 Å². The number of halogens is 1. The van der Waals surface area contributed by atoms with Gasteiger partial charge >= 0.3 is 0 Å². The fraction of sp³-hybridized carbons (Fsp3) is 0.294. The number of pyridine rings is 1. The fourth-order valence-electron chi connectivity index (χ4n) is 2.54. The van der Waals surface area contributed by atoms with Crippen LogP contribution in [-0.2, 0) is 4.79 Å². The van der Waals surface area contributed by atoms with E-state index in [2.05, 4.69) is 9.88 Å². The van der Waals surface area contributed by atoms with Crippen molar-refractivity contribution in [3.63, 3.8) is 0 Å². The van der Waals surface area contributed by atoms with Crippen LogP contribution in [0.4, 0.5) is 5.69 Å². The van der Waals surface area contributed by atoms with Crippen LogP contribution in [0.2, 0.25) is 5.02 Å². The van der Waals surface area contributed by atoms with E-state index in [1.165, 1.54) is 0 Å². The number of piperazine rings is 1. The molecule has 0 spiro atoms. The highest BCUT2D eigenvalue weighted by Crippen LogP contribution is 2.17. The summed E-state index contributed by atoms with van der Waals surface area (Å²) in [5.74, 6) is 0.660. The van der Waals surface area contributed by atoms with Crippen molar-refractivity contribution in [1.82, 2.24) is 9.88 Å². The van der Waals surface area contributed by atoms with Crippen LogP contribution in [0, 0.1) is 0 Å². The molecule has 1 aliphatic heterocycles. The molecule has 0 unspecified atom stereocenters. The van der Waals surface area contributed by atoms with Crippen LogP contribution in [0.25, 0.3) is 0 Å². The van der Waals surface area contributed by atoms with E-state index in [0.717, 1.165) is 18.8 Å². The molecule has 2 heterocycles. The molecule has 1 aliphatic rings. The number of carbonyl (C=O) groups is 1. The first-order valence-electron chi connectivity index (χ1n) is 7.53. The SMILES string of the molecule is O=C(COc1ccc(Cl)cc1)N1CCN(c2ccncc2)CC1. The van der Waals surface area contributed by atoms with Gasteiger partial charge in [0.15, 0.2) is 6.61 Å². The molecule has 0 atom stereocenters. The third-order valence-corrected chi connectivity index (χ3v) is 4.09. The maximum Gasteiger partial charge on any atom is 0.260 e. The van der Waals surface area contributed by atoms with Gasteiger partial charge in [-0.05, 0) is 36.4 Å². The zero-order chi connectivity index (χ0) is 16.1. The first kappa shape index (κ1) is 15.6. The Labute approximate surface area is 140 Å². The van der Waals surface area contributed by atoms with Crippen LogP contribution >= 0.6 is 11.6 Å². The van der Waals surface area contributed by atoms with Crippen molar-refractivity contribution < 1.29 is 9.53 Å². The maximum absolute atomic E-state index is 12.2. The van der Waals surface area contributed by atoms with Gasteiger partial charge in [-0.1, -0.05) is 11.6 Å². The predicted octanol–water partition coefficient (Wildman–Crippen LogP) is 2.46. The average Bonchev–Trinajstić information content (AvgIpc) is 2.62. The topological polar surface area (TPSA) is 45.7 Å². The van der Waals surface area contributed by atoms with Crippen molar-refractivity contribution in [2.75, 3.05) is 37.7 Å². The van der Waals surface area contributed by atoms with Gasteiger partial charge in [0.2, 0.25) is 0 Å². The zero-order valence-corrected chi connectivity index (χ0v) is 13.4. The number of benzene rings is 1. The first-order valence-corrected chi connectivity index (χ1v) is 7.91. The summed E-state index contributed by atoms with van der Waals surface area (Å²) >= 11 is 5.82. The molecule has 1 aromatic heterocycles. The highest BCUT2D eigenvalue weighted by molar-refractivity contribution is 6.30. The van der Waals surface area contributed by atoms with Crippen LogP contribution in [0.5, 0.6) is 5.75 Å². The van der Waals surface area contributed by atoms with Crippen molar-refractivity contribution in [1.29, 1.82) is 0 Å². The van der Waals surface area contributed by atoms with Crippen molar-refractivity contribution in [3.8, 4) is 5.75 Å². The lowest BCUT2D eigenvalue weighted by Gasteiger charge is -2.36.